The van der Waals surface area contributed by atoms with Gasteiger partial charge >= 0.3 is 11.9 Å². The van der Waals surface area contributed by atoms with Crippen LogP contribution in [0.2, 0.25) is 0 Å². The molecule has 8 aliphatic carbocycles. The summed E-state index contributed by atoms with van der Waals surface area (Å²) in [6.07, 6.45) is 13.7. The van der Waals surface area contributed by atoms with Crippen LogP contribution in [-0.4, -0.2) is 73.7 Å². The fourth-order valence-corrected chi connectivity index (χ4v) is 15.1. The average molecular weight is 747 g/mol. The largest absolute Gasteiger partial charge is 0.450 e. The molecular weight excluding hydrogens is 688 g/mol. The van der Waals surface area contributed by atoms with E-state index in [-0.39, 0.29) is 68.7 Å². The standard InChI is InChI=1S/C44H58O10/c1-39-11-5-27(21-25(39)23-33(45)35-29(39)7-13-41(3)31(35)9-15-43(41)49-17-18-50-43)53-37(47)38(48)54-28-6-12-40(2)26(22-28)24-34(46)36-30(40)8-14-42(4)32(36)10-16-44(42)51-19-20-52-44/h21-22,27-32,35-36H,5-20,23-24H2,1-4H3/t27-,28-,29?,30?,31?,32?,35?,36?,39-,40-,41-,42-/m0/s1. The van der Waals surface area contributed by atoms with Gasteiger partial charge in [-0.25, -0.2) is 9.59 Å². The third kappa shape index (κ3) is 4.72. The molecule has 0 aromatic heterocycles. The number of Topliss-reactive ketones (excluding diaryl/α,β-unsaturated/α-hetero) is 2. The van der Waals surface area contributed by atoms with Crippen molar-refractivity contribution in [1.29, 1.82) is 0 Å². The van der Waals surface area contributed by atoms with Crippen LogP contribution >= 0.6 is 0 Å². The highest BCUT2D eigenvalue weighted by Crippen LogP contribution is 2.70. The molecule has 0 N–H and O–H groups in total. The molecule has 6 saturated carbocycles. The Hall–Kier alpha value is -2.40. The number of hydrogen-bond donors (Lipinski definition) is 0. The number of allylic oxidation sites excluding steroid dienone is 2. The Labute approximate surface area is 318 Å². The lowest BCUT2D eigenvalue weighted by atomic mass is 9.46. The normalized spacial score (nSPS) is 48.1. The number of ketones is 2. The van der Waals surface area contributed by atoms with Crippen molar-refractivity contribution in [2.45, 2.75) is 141 Å². The van der Waals surface area contributed by atoms with E-state index in [9.17, 15) is 19.2 Å². The topological polar surface area (TPSA) is 124 Å². The molecule has 12 atom stereocenters. The van der Waals surface area contributed by atoms with Crippen LogP contribution in [0, 0.1) is 57.2 Å². The van der Waals surface area contributed by atoms with E-state index in [2.05, 4.69) is 27.7 Å². The zero-order valence-corrected chi connectivity index (χ0v) is 32.6. The lowest BCUT2D eigenvalue weighted by Gasteiger charge is -2.58. The van der Waals surface area contributed by atoms with Crippen LogP contribution in [0.25, 0.3) is 0 Å². The van der Waals surface area contributed by atoms with Gasteiger partial charge in [0.1, 0.15) is 23.8 Å². The molecule has 10 heteroatoms. The number of rotatable bonds is 2. The summed E-state index contributed by atoms with van der Waals surface area (Å²) in [5.41, 5.74) is 1.47. The Kier molecular flexibility index (Phi) is 8.03. The zero-order chi connectivity index (χ0) is 37.5. The van der Waals surface area contributed by atoms with Crippen LogP contribution in [0.15, 0.2) is 23.3 Å². The Bertz CT molecular complexity index is 1590. The molecule has 294 valence electrons. The number of esters is 2. The number of carbonyl (C=O) groups excluding carboxylic acids is 4. The number of fused-ring (bicyclic) bond motifs is 12. The first-order valence-corrected chi connectivity index (χ1v) is 21.2. The van der Waals surface area contributed by atoms with Crippen LogP contribution in [0.3, 0.4) is 0 Å². The molecule has 2 heterocycles. The van der Waals surface area contributed by atoms with E-state index >= 15 is 0 Å². The number of carbonyl (C=O) groups is 4. The highest BCUT2D eigenvalue weighted by Gasteiger charge is 2.70. The van der Waals surface area contributed by atoms with Crippen LogP contribution in [0.5, 0.6) is 0 Å². The van der Waals surface area contributed by atoms with E-state index in [1.807, 2.05) is 12.2 Å². The van der Waals surface area contributed by atoms with Crippen molar-refractivity contribution >= 4 is 23.5 Å². The van der Waals surface area contributed by atoms with Gasteiger partial charge in [0.15, 0.2) is 11.6 Å². The van der Waals surface area contributed by atoms with Gasteiger partial charge in [-0.1, -0.05) is 38.8 Å². The quantitative estimate of drug-likeness (QED) is 0.174. The van der Waals surface area contributed by atoms with E-state index in [0.29, 0.717) is 52.1 Å². The molecule has 10 aliphatic rings. The molecule has 2 aliphatic heterocycles. The second kappa shape index (κ2) is 12.1. The Balaban J connectivity index is 0.792. The fraction of sp³-hybridized carbons (Fsp3) is 0.818. The molecule has 10 rings (SSSR count). The lowest BCUT2D eigenvalue weighted by Crippen LogP contribution is -2.57. The molecule has 0 aromatic rings. The summed E-state index contributed by atoms with van der Waals surface area (Å²) in [6, 6.07) is 0. The van der Waals surface area contributed by atoms with E-state index in [1.165, 1.54) is 0 Å². The molecule has 0 radical (unpaired) electrons. The highest BCUT2D eigenvalue weighted by molar-refractivity contribution is 6.29. The van der Waals surface area contributed by atoms with Crippen LogP contribution in [-0.2, 0) is 47.6 Å². The second-order valence-corrected chi connectivity index (χ2v) is 19.8. The summed E-state index contributed by atoms with van der Waals surface area (Å²) in [6.45, 7) is 11.6. The maximum absolute atomic E-state index is 14.0. The van der Waals surface area contributed by atoms with Gasteiger partial charge in [0.05, 0.1) is 26.4 Å². The molecule has 10 nitrogen and oxygen atoms in total. The van der Waals surface area contributed by atoms with Crippen molar-refractivity contribution in [3.63, 3.8) is 0 Å². The molecule has 0 amide bonds. The monoisotopic (exact) mass is 746 g/mol. The third-order valence-electron chi connectivity index (χ3n) is 18.1. The van der Waals surface area contributed by atoms with Gasteiger partial charge in [0.2, 0.25) is 0 Å². The molecule has 54 heavy (non-hydrogen) atoms. The minimum atomic E-state index is -0.994. The smallest absolute Gasteiger partial charge is 0.418 e. The van der Waals surface area contributed by atoms with Gasteiger partial charge in [-0.15, -0.1) is 0 Å². The summed E-state index contributed by atoms with van der Waals surface area (Å²) in [5.74, 6) is -1.62. The van der Waals surface area contributed by atoms with Gasteiger partial charge in [-0.05, 0) is 111 Å². The second-order valence-electron chi connectivity index (χ2n) is 19.8. The zero-order valence-electron chi connectivity index (χ0n) is 32.6. The summed E-state index contributed by atoms with van der Waals surface area (Å²) < 4.78 is 36.6. The van der Waals surface area contributed by atoms with Gasteiger partial charge in [0, 0.05) is 48.3 Å². The third-order valence-corrected chi connectivity index (χ3v) is 18.1. The lowest BCUT2D eigenvalue weighted by molar-refractivity contribution is -0.241. The first-order valence-electron chi connectivity index (χ1n) is 21.2. The Morgan fingerprint density at radius 1 is 0.537 bits per heavy atom. The summed E-state index contributed by atoms with van der Waals surface area (Å²) in [4.78, 5) is 54.4. The van der Waals surface area contributed by atoms with E-state index < -0.39 is 35.7 Å². The van der Waals surface area contributed by atoms with Gasteiger partial charge in [0.25, 0.3) is 0 Å². The maximum atomic E-state index is 14.0. The maximum Gasteiger partial charge on any atom is 0.418 e. The van der Waals surface area contributed by atoms with Gasteiger partial charge in [-0.3, -0.25) is 9.59 Å². The van der Waals surface area contributed by atoms with Crippen LogP contribution in [0.1, 0.15) is 118 Å². The van der Waals surface area contributed by atoms with E-state index in [0.717, 1.165) is 75.4 Å². The average Bonchev–Trinajstić information content (AvgIpc) is 3.94. The predicted molar refractivity (Wildman–Crippen MR) is 193 cm³/mol. The first kappa shape index (κ1) is 36.0. The van der Waals surface area contributed by atoms with Crippen molar-refractivity contribution in [3.05, 3.63) is 23.3 Å². The SMILES string of the molecule is C[C@]12CC[C@H](OC(=O)C(=O)O[C@@H]3C=C4CC(=O)C5C(CC[C@@]6(C)C5CCC65OCCO5)[C@@]4(C)CC3)C=C1CC(=O)C1C2CC[C@@]2(C)C1CCC21OCCO1. The Morgan fingerprint density at radius 3 is 1.30 bits per heavy atom. The minimum absolute atomic E-state index is 0.0155. The molecule has 2 spiro atoms. The number of ether oxygens (including phenoxy) is 6. The predicted octanol–water partition coefficient (Wildman–Crippen LogP) is 6.58. The minimum Gasteiger partial charge on any atom is -0.450 e. The molecule has 2 saturated heterocycles. The molecule has 6 unspecified atom stereocenters. The molecule has 0 aromatic carbocycles. The fourth-order valence-electron chi connectivity index (χ4n) is 15.1. The summed E-state index contributed by atoms with van der Waals surface area (Å²) in [5, 5.41) is 0. The van der Waals surface area contributed by atoms with Gasteiger partial charge < -0.3 is 28.4 Å². The van der Waals surface area contributed by atoms with Crippen molar-refractivity contribution < 1.29 is 47.6 Å². The summed E-state index contributed by atoms with van der Waals surface area (Å²) in [7, 11) is 0. The van der Waals surface area contributed by atoms with Crippen LogP contribution in [0.4, 0.5) is 0 Å². The molecular formula is C44H58O10. The Morgan fingerprint density at radius 2 is 0.907 bits per heavy atom. The van der Waals surface area contributed by atoms with Crippen molar-refractivity contribution in [1.82, 2.24) is 0 Å². The van der Waals surface area contributed by atoms with E-state index in [4.69, 9.17) is 28.4 Å². The summed E-state index contributed by atoms with van der Waals surface area (Å²) >= 11 is 0. The van der Waals surface area contributed by atoms with Crippen LogP contribution < -0.4 is 0 Å². The molecule has 0 bridgehead atoms. The number of hydrogen-bond acceptors (Lipinski definition) is 10. The van der Waals surface area contributed by atoms with Crippen molar-refractivity contribution in [3.8, 4) is 0 Å². The van der Waals surface area contributed by atoms with Crippen molar-refractivity contribution in [2.75, 3.05) is 26.4 Å². The van der Waals surface area contributed by atoms with Gasteiger partial charge in [-0.2, -0.15) is 0 Å². The first-order chi connectivity index (χ1) is 25.8. The van der Waals surface area contributed by atoms with Crippen molar-refractivity contribution in [2.24, 2.45) is 57.2 Å². The van der Waals surface area contributed by atoms with E-state index in [1.54, 1.807) is 0 Å². The molecule has 8 fully saturated rings. The highest BCUT2D eigenvalue weighted by atomic mass is 16.7.